The van der Waals surface area contributed by atoms with Gasteiger partial charge in [-0.3, -0.25) is 9.58 Å². The first-order valence-electron chi connectivity index (χ1n) is 5.69. The lowest BCUT2D eigenvalue weighted by Gasteiger charge is -2.23. The van der Waals surface area contributed by atoms with Crippen LogP contribution in [0.1, 0.15) is 31.4 Å². The van der Waals surface area contributed by atoms with Crippen molar-refractivity contribution in [2.24, 2.45) is 12.8 Å². The van der Waals surface area contributed by atoms with E-state index < -0.39 is 0 Å². The van der Waals surface area contributed by atoms with Gasteiger partial charge in [0.05, 0.1) is 6.20 Å². The Morgan fingerprint density at radius 1 is 1.67 bits per heavy atom. The van der Waals surface area contributed by atoms with Gasteiger partial charge in [0.15, 0.2) is 0 Å². The first-order valence-corrected chi connectivity index (χ1v) is 5.69. The van der Waals surface area contributed by atoms with Gasteiger partial charge in [0.2, 0.25) is 0 Å². The van der Waals surface area contributed by atoms with Crippen LogP contribution in [0.4, 0.5) is 0 Å². The van der Waals surface area contributed by atoms with E-state index in [0.29, 0.717) is 0 Å². The summed E-state index contributed by atoms with van der Waals surface area (Å²) in [6, 6.07) is 0.886. The number of nitrogens with zero attached hydrogens (tertiary/aromatic N) is 3. The van der Waals surface area contributed by atoms with Gasteiger partial charge < -0.3 is 5.73 Å². The lowest BCUT2D eigenvalue weighted by molar-refractivity contribution is 0.260. The Hall–Kier alpha value is -0.870. The SMILES string of the molecule is CCN(CC(N)c1cnn(C)c1)C1CC1. The van der Waals surface area contributed by atoms with E-state index in [1.807, 2.05) is 24.1 Å². The molecule has 4 heteroatoms. The number of likely N-dealkylation sites (N-methyl/N-ethyl adjacent to an activating group) is 1. The fraction of sp³-hybridized carbons (Fsp3) is 0.727. The Kier molecular flexibility index (Phi) is 3.07. The molecule has 84 valence electrons. The quantitative estimate of drug-likeness (QED) is 0.782. The number of hydrogen-bond donors (Lipinski definition) is 1. The topological polar surface area (TPSA) is 47.1 Å². The van der Waals surface area contributed by atoms with E-state index >= 15 is 0 Å². The average molecular weight is 208 g/mol. The zero-order chi connectivity index (χ0) is 10.8. The summed E-state index contributed by atoms with van der Waals surface area (Å²) >= 11 is 0. The van der Waals surface area contributed by atoms with E-state index in [1.54, 1.807) is 0 Å². The summed E-state index contributed by atoms with van der Waals surface area (Å²) in [5.41, 5.74) is 7.29. The van der Waals surface area contributed by atoms with Crippen molar-refractivity contribution in [1.82, 2.24) is 14.7 Å². The number of nitrogens with two attached hydrogens (primary N) is 1. The van der Waals surface area contributed by atoms with Crippen molar-refractivity contribution >= 4 is 0 Å². The van der Waals surface area contributed by atoms with Crippen molar-refractivity contribution in [2.45, 2.75) is 31.8 Å². The van der Waals surface area contributed by atoms with E-state index in [2.05, 4.69) is 16.9 Å². The molecule has 4 nitrogen and oxygen atoms in total. The minimum absolute atomic E-state index is 0.0965. The highest BCUT2D eigenvalue weighted by Crippen LogP contribution is 2.27. The number of aromatic nitrogens is 2. The molecule has 0 amide bonds. The molecular weight excluding hydrogens is 188 g/mol. The fourth-order valence-electron chi connectivity index (χ4n) is 1.97. The van der Waals surface area contributed by atoms with Crippen molar-refractivity contribution < 1.29 is 0 Å². The molecule has 1 saturated carbocycles. The zero-order valence-electron chi connectivity index (χ0n) is 9.56. The second-order valence-electron chi connectivity index (χ2n) is 4.37. The van der Waals surface area contributed by atoms with Gasteiger partial charge in [-0.05, 0) is 19.4 Å². The van der Waals surface area contributed by atoms with Crippen molar-refractivity contribution in [2.75, 3.05) is 13.1 Å². The Labute approximate surface area is 91.1 Å². The molecule has 1 aliphatic carbocycles. The van der Waals surface area contributed by atoms with Gasteiger partial charge in [0, 0.05) is 37.4 Å². The predicted octanol–water partition coefficient (Wildman–Crippen LogP) is 0.904. The summed E-state index contributed by atoms with van der Waals surface area (Å²) in [5.74, 6) is 0. The van der Waals surface area contributed by atoms with Crippen molar-refractivity contribution in [3.63, 3.8) is 0 Å². The van der Waals surface area contributed by atoms with Crippen LogP contribution >= 0.6 is 0 Å². The molecule has 0 spiro atoms. The second kappa shape index (κ2) is 4.33. The van der Waals surface area contributed by atoms with E-state index in [4.69, 9.17) is 5.73 Å². The van der Waals surface area contributed by atoms with Crippen molar-refractivity contribution in [1.29, 1.82) is 0 Å². The largest absolute Gasteiger partial charge is 0.323 e. The summed E-state index contributed by atoms with van der Waals surface area (Å²) in [6.07, 6.45) is 6.55. The van der Waals surface area contributed by atoms with Crippen LogP contribution in [0.2, 0.25) is 0 Å². The fourth-order valence-corrected chi connectivity index (χ4v) is 1.97. The molecule has 0 bridgehead atoms. The van der Waals surface area contributed by atoms with E-state index in [-0.39, 0.29) is 6.04 Å². The molecule has 15 heavy (non-hydrogen) atoms. The van der Waals surface area contributed by atoms with Gasteiger partial charge in [0.25, 0.3) is 0 Å². The highest BCUT2D eigenvalue weighted by molar-refractivity contribution is 5.10. The summed E-state index contributed by atoms with van der Waals surface area (Å²) in [4.78, 5) is 2.47. The maximum atomic E-state index is 6.16. The van der Waals surface area contributed by atoms with Crippen LogP contribution in [0.3, 0.4) is 0 Å². The predicted molar refractivity (Wildman–Crippen MR) is 60.4 cm³/mol. The molecule has 1 atom stereocenters. The van der Waals surface area contributed by atoms with Crippen LogP contribution in [0.25, 0.3) is 0 Å². The number of hydrogen-bond acceptors (Lipinski definition) is 3. The smallest absolute Gasteiger partial charge is 0.0537 e. The summed E-state index contributed by atoms with van der Waals surface area (Å²) < 4.78 is 1.81. The molecule has 1 aliphatic rings. The molecular formula is C11H20N4. The van der Waals surface area contributed by atoms with Crippen LogP contribution in [0.5, 0.6) is 0 Å². The van der Waals surface area contributed by atoms with Gasteiger partial charge in [-0.15, -0.1) is 0 Å². The van der Waals surface area contributed by atoms with Crippen molar-refractivity contribution in [3.05, 3.63) is 18.0 Å². The maximum Gasteiger partial charge on any atom is 0.0537 e. The maximum absolute atomic E-state index is 6.16. The number of aryl methyl sites for hydroxylation is 1. The molecule has 2 N–H and O–H groups in total. The normalized spacial score (nSPS) is 18.4. The third-order valence-electron chi connectivity index (χ3n) is 3.05. The minimum atomic E-state index is 0.0965. The Morgan fingerprint density at radius 3 is 2.87 bits per heavy atom. The molecule has 1 fully saturated rings. The van der Waals surface area contributed by atoms with Gasteiger partial charge in [-0.25, -0.2) is 0 Å². The Morgan fingerprint density at radius 2 is 2.40 bits per heavy atom. The van der Waals surface area contributed by atoms with Gasteiger partial charge in [0.1, 0.15) is 0 Å². The second-order valence-corrected chi connectivity index (χ2v) is 4.37. The molecule has 1 aromatic heterocycles. The first-order chi connectivity index (χ1) is 7.20. The highest BCUT2D eigenvalue weighted by Gasteiger charge is 2.29. The lowest BCUT2D eigenvalue weighted by atomic mass is 10.1. The van der Waals surface area contributed by atoms with Gasteiger partial charge >= 0.3 is 0 Å². The monoisotopic (exact) mass is 208 g/mol. The van der Waals surface area contributed by atoms with Crippen LogP contribution in [-0.2, 0) is 7.05 Å². The van der Waals surface area contributed by atoms with Crippen LogP contribution in [-0.4, -0.2) is 33.8 Å². The zero-order valence-corrected chi connectivity index (χ0v) is 9.56. The summed E-state index contributed by atoms with van der Waals surface area (Å²) in [5, 5.41) is 4.15. The third kappa shape index (κ3) is 2.58. The third-order valence-corrected chi connectivity index (χ3v) is 3.05. The molecule has 1 unspecified atom stereocenters. The van der Waals surface area contributed by atoms with Gasteiger partial charge in [-0.2, -0.15) is 5.10 Å². The lowest BCUT2D eigenvalue weighted by Crippen LogP contribution is -2.33. The summed E-state index contributed by atoms with van der Waals surface area (Å²) in [6.45, 7) is 4.25. The van der Waals surface area contributed by atoms with E-state index in [0.717, 1.165) is 24.7 Å². The molecule has 1 heterocycles. The molecule has 0 aliphatic heterocycles. The number of rotatable bonds is 5. The van der Waals surface area contributed by atoms with Crippen LogP contribution < -0.4 is 5.73 Å². The van der Waals surface area contributed by atoms with Crippen LogP contribution in [0.15, 0.2) is 12.4 Å². The molecule has 0 aromatic carbocycles. The van der Waals surface area contributed by atoms with E-state index in [1.165, 1.54) is 12.8 Å². The molecule has 2 rings (SSSR count). The van der Waals surface area contributed by atoms with Crippen molar-refractivity contribution in [3.8, 4) is 0 Å². The summed E-state index contributed by atoms with van der Waals surface area (Å²) in [7, 11) is 1.93. The average Bonchev–Trinajstić information content (AvgIpc) is 2.97. The highest BCUT2D eigenvalue weighted by atomic mass is 15.2. The van der Waals surface area contributed by atoms with Gasteiger partial charge in [-0.1, -0.05) is 6.92 Å². The Balaban J connectivity index is 1.92. The minimum Gasteiger partial charge on any atom is -0.323 e. The molecule has 0 saturated heterocycles. The molecule has 0 radical (unpaired) electrons. The first kappa shape index (κ1) is 10.6. The standard InChI is InChI=1S/C11H20N4/c1-3-15(10-4-5-10)8-11(12)9-6-13-14(2)7-9/h6-7,10-11H,3-5,8,12H2,1-2H3. The van der Waals surface area contributed by atoms with Crippen LogP contribution in [0, 0.1) is 0 Å². The Bertz CT molecular complexity index is 316. The van der Waals surface area contributed by atoms with E-state index in [9.17, 15) is 0 Å². The molecule has 1 aromatic rings.